The highest BCUT2D eigenvalue weighted by Crippen LogP contribution is 2.24. The first-order chi connectivity index (χ1) is 7.84. The third-order valence-electron chi connectivity index (χ3n) is 2.92. The zero-order valence-corrected chi connectivity index (χ0v) is 8.83. The van der Waals surface area contributed by atoms with E-state index in [1.807, 2.05) is 0 Å². The van der Waals surface area contributed by atoms with Crippen LogP contribution in [0.3, 0.4) is 0 Å². The van der Waals surface area contributed by atoms with Crippen molar-refractivity contribution >= 4 is 16.7 Å². The Kier molecular flexibility index (Phi) is 2.25. The van der Waals surface area contributed by atoms with Gasteiger partial charge in [-0.3, -0.25) is 5.10 Å². The minimum Gasteiger partial charge on any atom is -0.352 e. The van der Waals surface area contributed by atoms with E-state index < -0.39 is 0 Å². The fraction of sp³-hybridized carbons (Fsp3) is 0.364. The van der Waals surface area contributed by atoms with Gasteiger partial charge in [-0.05, 0) is 18.2 Å². The Morgan fingerprint density at radius 2 is 2.06 bits per heavy atom. The van der Waals surface area contributed by atoms with Crippen molar-refractivity contribution in [1.29, 1.82) is 0 Å². The number of hydrogen-bond acceptors (Lipinski definition) is 3. The van der Waals surface area contributed by atoms with Gasteiger partial charge in [0, 0.05) is 31.6 Å². The lowest BCUT2D eigenvalue weighted by molar-refractivity contribution is 0.585. The molecule has 16 heavy (non-hydrogen) atoms. The van der Waals surface area contributed by atoms with Crippen molar-refractivity contribution in [2.75, 3.05) is 31.1 Å². The Morgan fingerprint density at radius 1 is 1.25 bits per heavy atom. The molecule has 1 aromatic carbocycles. The number of H-pyrrole nitrogens is 1. The Balaban J connectivity index is 2.05. The van der Waals surface area contributed by atoms with Crippen LogP contribution in [-0.4, -0.2) is 36.4 Å². The number of nitrogens with one attached hydrogen (secondary N) is 2. The van der Waals surface area contributed by atoms with Crippen LogP contribution in [0.25, 0.3) is 10.9 Å². The second kappa shape index (κ2) is 3.75. The molecule has 0 atom stereocenters. The summed E-state index contributed by atoms with van der Waals surface area (Å²) < 4.78 is 13.2. The molecule has 4 nitrogen and oxygen atoms in total. The number of aromatic nitrogens is 2. The smallest absolute Gasteiger partial charge is 0.158 e. The maximum Gasteiger partial charge on any atom is 0.158 e. The lowest BCUT2D eigenvalue weighted by Crippen LogP contribution is -2.43. The van der Waals surface area contributed by atoms with Crippen LogP contribution >= 0.6 is 0 Å². The van der Waals surface area contributed by atoms with Gasteiger partial charge in [-0.15, -0.1) is 0 Å². The molecule has 0 bridgehead atoms. The molecule has 2 N–H and O–H groups in total. The summed E-state index contributed by atoms with van der Waals surface area (Å²) in [6, 6.07) is 4.71. The van der Waals surface area contributed by atoms with E-state index in [0.717, 1.165) is 42.9 Å². The molecule has 2 heterocycles. The van der Waals surface area contributed by atoms with Crippen molar-refractivity contribution in [3.8, 4) is 0 Å². The largest absolute Gasteiger partial charge is 0.352 e. The molecule has 2 aromatic rings. The topological polar surface area (TPSA) is 44.0 Å². The van der Waals surface area contributed by atoms with Gasteiger partial charge >= 0.3 is 0 Å². The Hall–Kier alpha value is -1.62. The number of nitrogens with zero attached hydrogens (tertiary/aromatic N) is 2. The molecule has 0 amide bonds. The van der Waals surface area contributed by atoms with Crippen LogP contribution in [0.4, 0.5) is 10.2 Å². The Labute approximate surface area is 92.4 Å². The van der Waals surface area contributed by atoms with Crippen LogP contribution in [0, 0.1) is 5.82 Å². The summed E-state index contributed by atoms with van der Waals surface area (Å²) >= 11 is 0. The fourth-order valence-corrected chi connectivity index (χ4v) is 2.09. The van der Waals surface area contributed by atoms with Gasteiger partial charge < -0.3 is 10.2 Å². The summed E-state index contributed by atoms with van der Waals surface area (Å²) in [6.07, 6.45) is 0. The second-order valence-electron chi connectivity index (χ2n) is 3.97. The third-order valence-corrected chi connectivity index (χ3v) is 2.92. The average molecular weight is 220 g/mol. The van der Waals surface area contributed by atoms with E-state index in [1.54, 1.807) is 6.07 Å². The lowest BCUT2D eigenvalue weighted by Gasteiger charge is -2.27. The number of aromatic amines is 1. The second-order valence-corrected chi connectivity index (χ2v) is 3.97. The summed E-state index contributed by atoms with van der Waals surface area (Å²) in [5, 5.41) is 11.3. The predicted octanol–water partition coefficient (Wildman–Crippen LogP) is 1.11. The van der Waals surface area contributed by atoms with E-state index in [4.69, 9.17) is 0 Å². The van der Waals surface area contributed by atoms with Crippen LogP contribution < -0.4 is 10.2 Å². The van der Waals surface area contributed by atoms with Gasteiger partial charge in [-0.25, -0.2) is 4.39 Å². The number of hydrogen-bond donors (Lipinski definition) is 2. The number of halogens is 1. The number of anilines is 1. The van der Waals surface area contributed by atoms with Gasteiger partial charge in [0.15, 0.2) is 5.82 Å². The van der Waals surface area contributed by atoms with Crippen molar-refractivity contribution in [2.24, 2.45) is 0 Å². The van der Waals surface area contributed by atoms with Crippen molar-refractivity contribution in [3.63, 3.8) is 0 Å². The number of piperazine rings is 1. The maximum atomic E-state index is 13.2. The zero-order valence-electron chi connectivity index (χ0n) is 8.83. The van der Waals surface area contributed by atoms with Crippen LogP contribution in [0.2, 0.25) is 0 Å². The van der Waals surface area contributed by atoms with Gasteiger partial charge in [0.25, 0.3) is 0 Å². The zero-order chi connectivity index (χ0) is 11.0. The first kappa shape index (κ1) is 9.59. The summed E-state index contributed by atoms with van der Waals surface area (Å²) in [4.78, 5) is 2.18. The summed E-state index contributed by atoms with van der Waals surface area (Å²) in [6.45, 7) is 3.72. The molecule has 1 saturated heterocycles. The SMILES string of the molecule is Fc1ccc2[nH]nc(N3CCNCC3)c2c1. The molecule has 0 aliphatic carbocycles. The van der Waals surface area contributed by atoms with Crippen LogP contribution in [-0.2, 0) is 0 Å². The van der Waals surface area contributed by atoms with Crippen LogP contribution in [0.15, 0.2) is 18.2 Å². The molecular formula is C11H13FN4. The number of benzene rings is 1. The molecule has 0 radical (unpaired) electrons. The molecule has 0 saturated carbocycles. The van der Waals surface area contributed by atoms with Crippen molar-refractivity contribution in [1.82, 2.24) is 15.5 Å². The molecule has 0 unspecified atom stereocenters. The van der Waals surface area contributed by atoms with E-state index in [-0.39, 0.29) is 5.82 Å². The molecule has 3 rings (SSSR count). The van der Waals surface area contributed by atoms with E-state index >= 15 is 0 Å². The lowest BCUT2D eigenvalue weighted by atomic mass is 10.2. The van der Waals surface area contributed by atoms with Crippen LogP contribution in [0.1, 0.15) is 0 Å². The molecule has 0 spiro atoms. The molecule has 1 aliphatic heterocycles. The van der Waals surface area contributed by atoms with Gasteiger partial charge in [-0.1, -0.05) is 0 Å². The highest BCUT2D eigenvalue weighted by molar-refractivity contribution is 5.90. The van der Waals surface area contributed by atoms with Crippen molar-refractivity contribution in [2.45, 2.75) is 0 Å². The molecule has 5 heteroatoms. The number of rotatable bonds is 1. The Morgan fingerprint density at radius 3 is 2.88 bits per heavy atom. The molecule has 1 aromatic heterocycles. The monoisotopic (exact) mass is 220 g/mol. The first-order valence-electron chi connectivity index (χ1n) is 5.44. The van der Waals surface area contributed by atoms with Crippen molar-refractivity contribution < 1.29 is 4.39 Å². The summed E-state index contributed by atoms with van der Waals surface area (Å²) in [7, 11) is 0. The summed E-state index contributed by atoms with van der Waals surface area (Å²) in [5.74, 6) is 0.640. The highest BCUT2D eigenvalue weighted by Gasteiger charge is 2.16. The number of fused-ring (bicyclic) bond motifs is 1. The Bertz CT molecular complexity index is 502. The quantitative estimate of drug-likeness (QED) is 0.756. The van der Waals surface area contributed by atoms with Gasteiger partial charge in [0.05, 0.1) is 5.52 Å². The van der Waals surface area contributed by atoms with E-state index in [9.17, 15) is 4.39 Å². The minimum absolute atomic E-state index is 0.217. The van der Waals surface area contributed by atoms with Gasteiger partial charge in [0.2, 0.25) is 0 Å². The van der Waals surface area contributed by atoms with Gasteiger partial charge in [-0.2, -0.15) is 5.10 Å². The first-order valence-corrected chi connectivity index (χ1v) is 5.44. The molecule has 1 aliphatic rings. The van der Waals surface area contributed by atoms with E-state index in [2.05, 4.69) is 20.4 Å². The normalized spacial score (nSPS) is 16.9. The van der Waals surface area contributed by atoms with Crippen molar-refractivity contribution in [3.05, 3.63) is 24.0 Å². The van der Waals surface area contributed by atoms with E-state index in [0.29, 0.717) is 0 Å². The van der Waals surface area contributed by atoms with E-state index in [1.165, 1.54) is 12.1 Å². The molecule has 1 fully saturated rings. The third kappa shape index (κ3) is 1.53. The average Bonchev–Trinajstić information content (AvgIpc) is 2.73. The molecular weight excluding hydrogens is 207 g/mol. The van der Waals surface area contributed by atoms with Crippen LogP contribution in [0.5, 0.6) is 0 Å². The molecule has 84 valence electrons. The van der Waals surface area contributed by atoms with Gasteiger partial charge in [0.1, 0.15) is 5.82 Å². The fourth-order valence-electron chi connectivity index (χ4n) is 2.09. The predicted molar refractivity (Wildman–Crippen MR) is 61.1 cm³/mol. The summed E-state index contributed by atoms with van der Waals surface area (Å²) in [5.41, 5.74) is 0.884. The minimum atomic E-state index is -0.217. The highest BCUT2D eigenvalue weighted by atomic mass is 19.1. The maximum absolute atomic E-state index is 13.2. The standard InChI is InChI=1S/C11H13FN4/c12-8-1-2-10-9(7-8)11(15-14-10)16-5-3-13-4-6-16/h1-2,7,13H,3-6H2,(H,14,15).